The molecule has 0 saturated carbocycles. The van der Waals surface area contributed by atoms with Crippen LogP contribution in [-0.4, -0.2) is 15.0 Å². The Morgan fingerprint density at radius 3 is 1.88 bits per heavy atom. The summed E-state index contributed by atoms with van der Waals surface area (Å²) in [6.45, 7) is 0. The van der Waals surface area contributed by atoms with Crippen LogP contribution in [0.25, 0.3) is 109 Å². The van der Waals surface area contributed by atoms with E-state index in [1.807, 2.05) is 60.0 Å². The number of fused-ring (bicyclic) bond motifs is 6. The van der Waals surface area contributed by atoms with Crippen LogP contribution < -0.4 is 0 Å². The minimum Gasteiger partial charge on any atom is -0.455 e. The third-order valence-corrected chi connectivity index (χ3v) is 11.8. The quantitative estimate of drug-likeness (QED) is 0.171. The van der Waals surface area contributed by atoms with E-state index in [1.165, 1.54) is 25.7 Å². The first-order chi connectivity index (χ1) is 27.8. The number of aromatic nitrogens is 3. The molecule has 4 aromatic heterocycles. The van der Waals surface area contributed by atoms with E-state index in [0.29, 0.717) is 5.82 Å². The maximum Gasteiger partial charge on any atom is 0.161 e. The molecule has 4 nitrogen and oxygen atoms in total. The van der Waals surface area contributed by atoms with Crippen molar-refractivity contribution in [2.45, 2.75) is 0 Å². The molecule has 0 atom stereocenters. The Labute approximate surface area is 327 Å². The fourth-order valence-electron chi connectivity index (χ4n) is 8.02. The monoisotopic (exact) mass is 733 g/mol. The van der Waals surface area contributed by atoms with Gasteiger partial charge >= 0.3 is 0 Å². The van der Waals surface area contributed by atoms with Gasteiger partial charge in [0.1, 0.15) is 11.2 Å². The van der Waals surface area contributed by atoms with Crippen LogP contribution in [0, 0.1) is 0 Å². The maximum atomic E-state index is 6.77. The van der Waals surface area contributed by atoms with E-state index in [0.717, 1.165) is 77.8 Å². The predicted octanol–water partition coefficient (Wildman–Crippen LogP) is 14.1. The topological polar surface area (TPSA) is 51.8 Å². The summed E-state index contributed by atoms with van der Waals surface area (Å²) in [5, 5.41) is 4.76. The number of furan rings is 1. The van der Waals surface area contributed by atoms with Crippen molar-refractivity contribution in [3.8, 4) is 67.3 Å². The molecule has 0 saturated heterocycles. The lowest BCUT2D eigenvalue weighted by molar-refractivity contribution is 0.670. The standard InChI is InChI=1S/C51H31N3OS/c1-2-12-33(13-3-1)43-30-44(54-51(53-43)40-16-5-4-15-36(40)35-14-11-29-52-31-35)34-25-23-32(24-26-34)37-27-28-39(50-49(37)41-17-6-8-20-45(41)55-50)38-19-10-22-47-48(38)42-18-7-9-21-46(42)56-47/h1-31H. The molecule has 0 amide bonds. The smallest absolute Gasteiger partial charge is 0.161 e. The molecule has 11 rings (SSSR count). The summed E-state index contributed by atoms with van der Waals surface area (Å²) in [6.07, 6.45) is 3.68. The van der Waals surface area contributed by atoms with Crippen molar-refractivity contribution in [2.75, 3.05) is 0 Å². The van der Waals surface area contributed by atoms with Crippen LogP contribution in [0.3, 0.4) is 0 Å². The third kappa shape index (κ3) is 5.40. The summed E-state index contributed by atoms with van der Waals surface area (Å²) in [5.41, 5.74) is 13.1. The number of para-hydroxylation sites is 1. The van der Waals surface area contributed by atoms with Crippen molar-refractivity contribution >= 4 is 53.4 Å². The summed E-state index contributed by atoms with van der Waals surface area (Å²) in [6, 6.07) is 61.6. The highest BCUT2D eigenvalue weighted by atomic mass is 32.1. The van der Waals surface area contributed by atoms with E-state index in [1.54, 1.807) is 6.20 Å². The van der Waals surface area contributed by atoms with E-state index in [4.69, 9.17) is 14.4 Å². The molecule has 0 spiro atoms. The summed E-state index contributed by atoms with van der Waals surface area (Å²) in [7, 11) is 0. The van der Waals surface area contributed by atoms with Crippen molar-refractivity contribution in [2.24, 2.45) is 0 Å². The number of rotatable bonds is 6. The number of pyridine rings is 1. The second kappa shape index (κ2) is 13.3. The van der Waals surface area contributed by atoms with Gasteiger partial charge in [-0.15, -0.1) is 11.3 Å². The Balaban J connectivity index is 1.06. The number of hydrogen-bond acceptors (Lipinski definition) is 5. The first-order valence-electron chi connectivity index (χ1n) is 18.7. The zero-order valence-electron chi connectivity index (χ0n) is 30.1. The average molecular weight is 734 g/mol. The molecule has 0 aliphatic heterocycles. The van der Waals surface area contributed by atoms with Crippen molar-refractivity contribution in [1.82, 2.24) is 15.0 Å². The van der Waals surface area contributed by atoms with Crippen molar-refractivity contribution in [1.29, 1.82) is 0 Å². The van der Waals surface area contributed by atoms with Gasteiger partial charge < -0.3 is 4.42 Å². The van der Waals surface area contributed by atoms with Gasteiger partial charge in [-0.05, 0) is 58.7 Å². The van der Waals surface area contributed by atoms with Gasteiger partial charge in [-0.25, -0.2) is 9.97 Å². The van der Waals surface area contributed by atoms with Gasteiger partial charge in [0.05, 0.1) is 11.4 Å². The van der Waals surface area contributed by atoms with Crippen molar-refractivity contribution in [3.63, 3.8) is 0 Å². The molecule has 0 radical (unpaired) electrons. The van der Waals surface area contributed by atoms with Crippen molar-refractivity contribution in [3.05, 3.63) is 188 Å². The molecule has 7 aromatic carbocycles. The molecule has 0 aliphatic carbocycles. The largest absolute Gasteiger partial charge is 0.455 e. The fraction of sp³-hybridized carbons (Fsp3) is 0. The molecule has 0 unspecified atom stereocenters. The molecule has 0 fully saturated rings. The molecule has 0 bridgehead atoms. The lowest BCUT2D eigenvalue weighted by Crippen LogP contribution is -1.97. The Bertz CT molecular complexity index is 3240. The summed E-state index contributed by atoms with van der Waals surface area (Å²) in [5.74, 6) is 0.667. The molecule has 56 heavy (non-hydrogen) atoms. The van der Waals surface area contributed by atoms with Gasteiger partial charge in [-0.3, -0.25) is 4.98 Å². The van der Waals surface area contributed by atoms with E-state index in [9.17, 15) is 0 Å². The number of nitrogens with zero attached hydrogens (tertiary/aromatic N) is 3. The molecule has 11 aromatic rings. The minimum absolute atomic E-state index is 0.667. The Morgan fingerprint density at radius 2 is 1.05 bits per heavy atom. The molecular weight excluding hydrogens is 703 g/mol. The average Bonchev–Trinajstić information content (AvgIpc) is 3.86. The molecule has 5 heteroatoms. The Morgan fingerprint density at radius 1 is 0.411 bits per heavy atom. The highest BCUT2D eigenvalue weighted by Gasteiger charge is 2.20. The highest BCUT2D eigenvalue weighted by molar-refractivity contribution is 7.25. The summed E-state index contributed by atoms with van der Waals surface area (Å²) >= 11 is 1.84. The van der Waals surface area contributed by atoms with Gasteiger partial charge in [0.15, 0.2) is 5.82 Å². The lowest BCUT2D eigenvalue weighted by atomic mass is 9.92. The first-order valence-corrected chi connectivity index (χ1v) is 19.5. The highest BCUT2D eigenvalue weighted by Crippen LogP contribution is 2.46. The van der Waals surface area contributed by atoms with Crippen LogP contribution in [-0.2, 0) is 0 Å². The van der Waals surface area contributed by atoms with E-state index in [-0.39, 0.29) is 0 Å². The number of thiophene rings is 1. The van der Waals surface area contributed by atoms with Crippen LogP contribution in [0.2, 0.25) is 0 Å². The van der Waals surface area contributed by atoms with Gasteiger partial charge in [-0.2, -0.15) is 0 Å². The van der Waals surface area contributed by atoms with Crippen LogP contribution in [0.1, 0.15) is 0 Å². The lowest BCUT2D eigenvalue weighted by Gasteiger charge is -2.13. The number of hydrogen-bond donors (Lipinski definition) is 0. The SMILES string of the molecule is c1ccc(-c2cc(-c3ccc(-c4ccc(-c5cccc6sc7ccccc7c56)c5oc6ccccc6c45)cc3)nc(-c3ccccc3-c3cccnc3)n2)cc1. The van der Waals surface area contributed by atoms with Crippen LogP contribution in [0.15, 0.2) is 193 Å². The van der Waals surface area contributed by atoms with Gasteiger partial charge in [0.2, 0.25) is 0 Å². The number of benzene rings is 7. The Kier molecular flexibility index (Phi) is 7.64. The molecular formula is C51H31N3OS. The molecule has 4 heterocycles. The maximum absolute atomic E-state index is 6.77. The second-order valence-corrected chi connectivity index (χ2v) is 15.0. The van der Waals surface area contributed by atoms with Crippen LogP contribution in [0.4, 0.5) is 0 Å². The van der Waals surface area contributed by atoms with Gasteiger partial charge in [-0.1, -0.05) is 140 Å². The zero-order valence-corrected chi connectivity index (χ0v) is 30.9. The van der Waals surface area contributed by atoms with Crippen LogP contribution in [0.5, 0.6) is 0 Å². The predicted molar refractivity (Wildman–Crippen MR) is 233 cm³/mol. The molecule has 262 valence electrons. The van der Waals surface area contributed by atoms with Crippen molar-refractivity contribution < 1.29 is 4.42 Å². The summed E-state index contributed by atoms with van der Waals surface area (Å²) < 4.78 is 9.33. The van der Waals surface area contributed by atoms with Crippen LogP contribution >= 0.6 is 11.3 Å². The summed E-state index contributed by atoms with van der Waals surface area (Å²) in [4.78, 5) is 14.7. The first kappa shape index (κ1) is 32.2. The Hall–Kier alpha value is -7.21. The minimum atomic E-state index is 0.667. The zero-order chi connectivity index (χ0) is 37.0. The fourth-order valence-corrected chi connectivity index (χ4v) is 9.16. The third-order valence-electron chi connectivity index (χ3n) is 10.6. The van der Waals surface area contributed by atoms with E-state index in [2.05, 4.69) is 138 Å². The van der Waals surface area contributed by atoms with Gasteiger partial charge in [0, 0.05) is 71.2 Å². The van der Waals surface area contributed by atoms with Gasteiger partial charge in [0.25, 0.3) is 0 Å². The second-order valence-electron chi connectivity index (χ2n) is 13.9. The van der Waals surface area contributed by atoms with E-state index < -0.39 is 0 Å². The van der Waals surface area contributed by atoms with E-state index >= 15 is 0 Å². The molecule has 0 aliphatic rings. The normalized spacial score (nSPS) is 11.6. The molecule has 0 N–H and O–H groups in total.